The predicted octanol–water partition coefficient (Wildman–Crippen LogP) is 6.41. The Bertz CT molecular complexity index is 1100. The average molecular weight is 473 g/mol. The van der Waals surface area contributed by atoms with Crippen molar-refractivity contribution in [1.29, 1.82) is 0 Å². The summed E-state index contributed by atoms with van der Waals surface area (Å²) in [6, 6.07) is 15.4. The van der Waals surface area contributed by atoms with Crippen LogP contribution in [0.1, 0.15) is 37.7 Å². The van der Waals surface area contributed by atoms with Crippen LogP contribution in [0.2, 0.25) is 0 Å². The summed E-state index contributed by atoms with van der Waals surface area (Å²) in [4.78, 5) is 9.22. The third kappa shape index (κ3) is 6.52. The smallest absolute Gasteiger partial charge is 0.496 e. The quantitative estimate of drug-likeness (QED) is 0.395. The van der Waals surface area contributed by atoms with Crippen LogP contribution in [0, 0.1) is 0 Å². The fraction of sp³-hybridized carbons (Fsp3) is 0.360. The molecule has 34 heavy (non-hydrogen) atoms. The molecule has 0 radical (unpaired) electrons. The maximum Gasteiger partial charge on any atom is 0.573 e. The Morgan fingerprint density at radius 1 is 0.971 bits per heavy atom. The molecule has 0 unspecified atom stereocenters. The molecule has 1 aromatic heterocycles. The standard InChI is InChI=1S/C25H27F3N4O2/c1-33-22-13-6-5-8-18(22)16-29-23-15-21(17-9-7-12-20(14-17)34-25(26,27)28)31-24(32-23)30-19-10-3-2-4-11-19/h5-9,12-15,19H,2-4,10-11,16H2,1H3,(H2,29,30,31,32). The van der Waals surface area contributed by atoms with E-state index in [9.17, 15) is 13.2 Å². The third-order valence-corrected chi connectivity index (χ3v) is 5.68. The maximum absolute atomic E-state index is 12.7. The van der Waals surface area contributed by atoms with E-state index in [4.69, 9.17) is 4.74 Å². The molecule has 1 aliphatic carbocycles. The Balaban J connectivity index is 1.62. The number of ether oxygens (including phenoxy) is 2. The Morgan fingerprint density at radius 3 is 2.53 bits per heavy atom. The van der Waals surface area contributed by atoms with Crippen molar-refractivity contribution in [2.75, 3.05) is 17.7 Å². The summed E-state index contributed by atoms with van der Waals surface area (Å²) in [6.45, 7) is 0.459. The van der Waals surface area contributed by atoms with Crippen LogP contribution >= 0.6 is 0 Å². The minimum absolute atomic E-state index is 0.269. The number of hydrogen-bond acceptors (Lipinski definition) is 6. The lowest BCUT2D eigenvalue weighted by atomic mass is 9.96. The summed E-state index contributed by atoms with van der Waals surface area (Å²) in [5.41, 5.74) is 1.94. The van der Waals surface area contributed by atoms with Crippen LogP contribution in [0.15, 0.2) is 54.6 Å². The van der Waals surface area contributed by atoms with Gasteiger partial charge in [0.05, 0.1) is 12.8 Å². The van der Waals surface area contributed by atoms with Crippen molar-refractivity contribution in [2.24, 2.45) is 0 Å². The van der Waals surface area contributed by atoms with Crippen LogP contribution in [0.4, 0.5) is 24.9 Å². The maximum atomic E-state index is 12.7. The second kappa shape index (κ2) is 10.6. The lowest BCUT2D eigenvalue weighted by Gasteiger charge is -2.23. The van der Waals surface area contributed by atoms with Crippen LogP contribution in [0.25, 0.3) is 11.3 Å². The first-order valence-electron chi connectivity index (χ1n) is 11.3. The van der Waals surface area contributed by atoms with Gasteiger partial charge in [-0.1, -0.05) is 49.6 Å². The van der Waals surface area contributed by atoms with E-state index in [0.717, 1.165) is 37.0 Å². The highest BCUT2D eigenvalue weighted by molar-refractivity contribution is 5.66. The van der Waals surface area contributed by atoms with E-state index in [0.29, 0.717) is 29.6 Å². The van der Waals surface area contributed by atoms with Crippen molar-refractivity contribution in [3.05, 3.63) is 60.2 Å². The van der Waals surface area contributed by atoms with Crippen molar-refractivity contribution in [2.45, 2.75) is 51.1 Å². The zero-order valence-corrected chi connectivity index (χ0v) is 18.9. The second-order valence-electron chi connectivity index (χ2n) is 8.18. The van der Waals surface area contributed by atoms with Gasteiger partial charge in [-0.3, -0.25) is 0 Å². The number of hydrogen-bond donors (Lipinski definition) is 2. The van der Waals surface area contributed by atoms with Gasteiger partial charge in [0.1, 0.15) is 17.3 Å². The molecule has 0 atom stereocenters. The lowest BCUT2D eigenvalue weighted by molar-refractivity contribution is -0.274. The molecule has 2 aromatic carbocycles. The normalized spacial score (nSPS) is 14.5. The van der Waals surface area contributed by atoms with Crippen LogP contribution in [0.3, 0.4) is 0 Å². The van der Waals surface area contributed by atoms with E-state index in [-0.39, 0.29) is 11.8 Å². The number of nitrogens with one attached hydrogen (secondary N) is 2. The monoisotopic (exact) mass is 472 g/mol. The SMILES string of the molecule is COc1ccccc1CNc1cc(-c2cccc(OC(F)(F)F)c2)nc(NC2CCCCC2)n1. The summed E-state index contributed by atoms with van der Waals surface area (Å²) < 4.78 is 47.6. The van der Waals surface area contributed by atoms with Crippen LogP contribution in [0.5, 0.6) is 11.5 Å². The molecule has 4 rings (SSSR count). The zero-order valence-electron chi connectivity index (χ0n) is 18.9. The molecule has 0 aliphatic heterocycles. The number of halogens is 3. The van der Waals surface area contributed by atoms with Crippen molar-refractivity contribution in [3.8, 4) is 22.8 Å². The fourth-order valence-electron chi connectivity index (χ4n) is 4.07. The van der Waals surface area contributed by atoms with E-state index in [1.807, 2.05) is 24.3 Å². The number of benzene rings is 2. The van der Waals surface area contributed by atoms with Gasteiger partial charge in [0.15, 0.2) is 0 Å². The number of aromatic nitrogens is 2. The number of alkyl halides is 3. The molecule has 1 heterocycles. The molecule has 0 bridgehead atoms. The number of methoxy groups -OCH3 is 1. The van der Waals surface area contributed by atoms with Gasteiger partial charge in [-0.25, -0.2) is 4.98 Å². The summed E-state index contributed by atoms with van der Waals surface area (Å²) in [5.74, 6) is 1.45. The highest BCUT2D eigenvalue weighted by Gasteiger charge is 2.31. The molecular weight excluding hydrogens is 445 g/mol. The molecule has 3 aromatic rings. The van der Waals surface area contributed by atoms with Crippen molar-refractivity contribution < 1.29 is 22.6 Å². The highest BCUT2D eigenvalue weighted by Crippen LogP contribution is 2.30. The van der Waals surface area contributed by atoms with E-state index < -0.39 is 6.36 Å². The van der Waals surface area contributed by atoms with Gasteiger partial charge in [0, 0.05) is 29.8 Å². The molecule has 180 valence electrons. The molecule has 1 aliphatic rings. The lowest BCUT2D eigenvalue weighted by Crippen LogP contribution is -2.23. The molecule has 9 heteroatoms. The summed E-state index contributed by atoms with van der Waals surface area (Å²) in [6.07, 6.45) is 0.815. The van der Waals surface area contributed by atoms with Crippen molar-refractivity contribution >= 4 is 11.8 Å². The van der Waals surface area contributed by atoms with E-state index >= 15 is 0 Å². The number of nitrogens with zero attached hydrogens (tertiary/aromatic N) is 2. The van der Waals surface area contributed by atoms with Gasteiger partial charge in [-0.15, -0.1) is 13.2 Å². The van der Waals surface area contributed by atoms with Crippen molar-refractivity contribution in [3.63, 3.8) is 0 Å². The molecule has 1 fully saturated rings. The van der Waals surface area contributed by atoms with Gasteiger partial charge < -0.3 is 20.1 Å². The van der Waals surface area contributed by atoms with Gasteiger partial charge >= 0.3 is 6.36 Å². The van der Waals surface area contributed by atoms with E-state index in [1.54, 1.807) is 19.2 Å². The van der Waals surface area contributed by atoms with Crippen LogP contribution < -0.4 is 20.1 Å². The fourth-order valence-corrected chi connectivity index (χ4v) is 4.07. The first-order valence-corrected chi connectivity index (χ1v) is 11.3. The minimum Gasteiger partial charge on any atom is -0.496 e. The van der Waals surface area contributed by atoms with Gasteiger partial charge in [0.25, 0.3) is 0 Å². The predicted molar refractivity (Wildman–Crippen MR) is 125 cm³/mol. The topological polar surface area (TPSA) is 68.3 Å². The van der Waals surface area contributed by atoms with Gasteiger partial charge in [0.2, 0.25) is 5.95 Å². The molecule has 2 N–H and O–H groups in total. The van der Waals surface area contributed by atoms with Gasteiger partial charge in [-0.2, -0.15) is 4.98 Å². The molecular formula is C25H27F3N4O2. The first-order chi connectivity index (χ1) is 16.4. The Hall–Kier alpha value is -3.49. The van der Waals surface area contributed by atoms with E-state index in [2.05, 4.69) is 25.3 Å². The summed E-state index contributed by atoms with van der Waals surface area (Å²) in [7, 11) is 1.61. The Labute approximate surface area is 196 Å². The number of rotatable bonds is 8. The molecule has 6 nitrogen and oxygen atoms in total. The molecule has 0 spiro atoms. The largest absolute Gasteiger partial charge is 0.573 e. The van der Waals surface area contributed by atoms with Crippen LogP contribution in [-0.4, -0.2) is 29.5 Å². The Morgan fingerprint density at radius 2 is 1.76 bits per heavy atom. The summed E-state index contributed by atoms with van der Waals surface area (Å²) in [5, 5.41) is 6.70. The average Bonchev–Trinajstić information content (AvgIpc) is 2.82. The third-order valence-electron chi connectivity index (χ3n) is 5.68. The second-order valence-corrected chi connectivity index (χ2v) is 8.18. The molecule has 0 amide bonds. The van der Waals surface area contributed by atoms with E-state index in [1.165, 1.54) is 24.6 Å². The van der Waals surface area contributed by atoms with Crippen LogP contribution in [-0.2, 0) is 6.54 Å². The summed E-state index contributed by atoms with van der Waals surface area (Å²) >= 11 is 0. The highest BCUT2D eigenvalue weighted by atomic mass is 19.4. The number of anilines is 2. The van der Waals surface area contributed by atoms with Gasteiger partial charge in [-0.05, 0) is 31.0 Å². The Kier molecular flexibility index (Phi) is 7.40. The molecule has 1 saturated carbocycles. The van der Waals surface area contributed by atoms with Crippen molar-refractivity contribution in [1.82, 2.24) is 9.97 Å². The number of para-hydroxylation sites is 1. The zero-order chi connectivity index (χ0) is 24.0. The molecule has 0 saturated heterocycles. The first kappa shape index (κ1) is 23.7. The minimum atomic E-state index is -4.76.